The fraction of sp³-hybridized carbons (Fsp3) is 0.333. The van der Waals surface area contributed by atoms with Crippen LogP contribution in [0.5, 0.6) is 0 Å². The van der Waals surface area contributed by atoms with Gasteiger partial charge in [-0.05, 0) is 74.4 Å². The molecular weight excluding hydrogens is 739 g/mol. The Morgan fingerprint density at radius 1 is 1.02 bits per heavy atom. The second-order valence-electron chi connectivity index (χ2n) is 12.2. The third-order valence-corrected chi connectivity index (χ3v) is 11.1. The number of thiophene rings is 1. The highest BCUT2D eigenvalue weighted by molar-refractivity contribution is 7.87. The Kier molecular flexibility index (Phi) is 10.4. The molecule has 17 heteroatoms. The summed E-state index contributed by atoms with van der Waals surface area (Å²) < 4.78 is 84.6. The molecule has 0 aliphatic carbocycles. The fourth-order valence-corrected chi connectivity index (χ4v) is 8.40. The van der Waals surface area contributed by atoms with Crippen LogP contribution < -0.4 is 10.1 Å². The Hall–Kier alpha value is -3.49. The Morgan fingerprint density at radius 3 is 2.36 bits per heavy atom. The lowest BCUT2D eigenvalue weighted by atomic mass is 10.0. The molecule has 1 amide bonds. The van der Waals surface area contributed by atoms with Gasteiger partial charge in [-0.15, -0.1) is 11.3 Å². The first-order chi connectivity index (χ1) is 23.6. The average molecular weight is 770 g/mol. The van der Waals surface area contributed by atoms with E-state index in [0.29, 0.717) is 44.8 Å². The quantitative estimate of drug-likeness (QED) is 0.151. The summed E-state index contributed by atoms with van der Waals surface area (Å²) in [5, 5.41) is 7.02. The minimum atomic E-state index is -4.47. The van der Waals surface area contributed by atoms with Crippen LogP contribution in [0, 0.1) is 11.8 Å². The molecule has 0 unspecified atom stereocenters. The van der Waals surface area contributed by atoms with E-state index in [1.54, 1.807) is 29.3 Å². The van der Waals surface area contributed by atoms with Crippen LogP contribution in [0.25, 0.3) is 16.3 Å². The van der Waals surface area contributed by atoms with Gasteiger partial charge >= 0.3 is 6.18 Å². The molecule has 50 heavy (non-hydrogen) atoms. The number of nitrogens with zero attached hydrogens (tertiary/aromatic N) is 4. The largest absolute Gasteiger partial charge is 0.416 e. The van der Waals surface area contributed by atoms with Crippen LogP contribution >= 0.6 is 34.5 Å². The van der Waals surface area contributed by atoms with Gasteiger partial charge in [0.05, 0.1) is 44.8 Å². The monoisotopic (exact) mass is 768 g/mol. The highest BCUT2D eigenvalue weighted by Crippen LogP contribution is 2.37. The molecule has 2 aromatic carbocycles. The molecule has 2 N–H and O–H groups in total. The van der Waals surface area contributed by atoms with Crippen LogP contribution in [0.4, 0.5) is 17.6 Å². The zero-order chi connectivity index (χ0) is 35.8. The molecule has 0 atom stereocenters. The lowest BCUT2D eigenvalue weighted by Crippen LogP contribution is -2.61. The van der Waals surface area contributed by atoms with Gasteiger partial charge in [-0.2, -0.15) is 35.7 Å². The molecule has 0 bridgehead atoms. The average Bonchev–Trinajstić information content (AvgIpc) is 3.67. The fourth-order valence-electron chi connectivity index (χ4n) is 5.61. The number of alkyl halides is 4. The minimum Gasteiger partial charge on any atom is -0.283 e. The molecule has 0 radical (unpaired) electrons. The van der Waals surface area contributed by atoms with E-state index < -0.39 is 33.5 Å². The van der Waals surface area contributed by atoms with Crippen molar-refractivity contribution in [3.63, 3.8) is 0 Å². The molecule has 2 fully saturated rings. The first kappa shape index (κ1) is 36.3. The number of rotatable bonds is 8. The summed E-state index contributed by atoms with van der Waals surface area (Å²) in [5.74, 6) is 5.26. The first-order valence-corrected chi connectivity index (χ1v) is 18.5. The van der Waals surface area contributed by atoms with Crippen molar-refractivity contribution in [1.82, 2.24) is 29.2 Å². The van der Waals surface area contributed by atoms with E-state index in [4.69, 9.17) is 23.2 Å². The molecule has 4 heterocycles. The summed E-state index contributed by atoms with van der Waals surface area (Å²) in [5.41, 5.74) is 1.68. The molecule has 9 nitrogen and oxygen atoms in total. The Bertz CT molecular complexity index is 2080. The molecule has 4 aromatic rings. The van der Waals surface area contributed by atoms with Crippen molar-refractivity contribution in [2.24, 2.45) is 0 Å². The lowest BCUT2D eigenvalue weighted by Gasteiger charge is -2.40. The molecule has 2 aliphatic rings. The Balaban J connectivity index is 1.42. The van der Waals surface area contributed by atoms with Gasteiger partial charge in [-0.1, -0.05) is 41.5 Å². The van der Waals surface area contributed by atoms with Crippen LogP contribution in [0.1, 0.15) is 58.2 Å². The van der Waals surface area contributed by atoms with Crippen molar-refractivity contribution >= 4 is 50.7 Å². The number of piperidine rings is 1. The van der Waals surface area contributed by atoms with Gasteiger partial charge in [0.1, 0.15) is 5.67 Å². The third kappa shape index (κ3) is 8.18. The predicted molar refractivity (Wildman–Crippen MR) is 184 cm³/mol. The van der Waals surface area contributed by atoms with Crippen molar-refractivity contribution in [3.8, 4) is 28.1 Å². The highest BCUT2D eigenvalue weighted by atomic mass is 35.5. The van der Waals surface area contributed by atoms with Crippen molar-refractivity contribution in [2.45, 2.75) is 44.6 Å². The van der Waals surface area contributed by atoms with E-state index in [1.165, 1.54) is 41.1 Å². The number of carbonyl (C=O) groups excluding carboxylic acids is 1. The van der Waals surface area contributed by atoms with Crippen molar-refractivity contribution in [3.05, 3.63) is 91.9 Å². The van der Waals surface area contributed by atoms with Crippen LogP contribution in [-0.4, -0.2) is 65.3 Å². The molecule has 2 aliphatic heterocycles. The predicted octanol–water partition coefficient (Wildman–Crippen LogP) is 6.84. The van der Waals surface area contributed by atoms with Crippen LogP contribution in [0.2, 0.25) is 10.0 Å². The highest BCUT2D eigenvalue weighted by Gasteiger charge is 2.45. The SMILES string of the molecule is CC1(F)CN(S(=O)(=O)NCc2c(C(=O)NN3CCCCC3)nn(-c3ccc(Cl)cc3Cl)c2-c2ccc(C#Cc3ccc(C(F)(F)F)cc3)s2)C1. The number of hydrogen-bond donors (Lipinski definition) is 2. The number of amides is 1. The number of hydrazine groups is 1. The van der Waals surface area contributed by atoms with Gasteiger partial charge in [0.15, 0.2) is 5.69 Å². The van der Waals surface area contributed by atoms with Gasteiger partial charge in [0.2, 0.25) is 0 Å². The second kappa shape index (κ2) is 14.3. The van der Waals surface area contributed by atoms with Crippen molar-refractivity contribution < 1.29 is 30.8 Å². The molecule has 264 valence electrons. The van der Waals surface area contributed by atoms with Crippen molar-refractivity contribution in [2.75, 3.05) is 26.2 Å². The van der Waals surface area contributed by atoms with E-state index in [2.05, 4.69) is 27.1 Å². The summed E-state index contributed by atoms with van der Waals surface area (Å²) in [6.07, 6.45) is -1.66. The second-order valence-corrected chi connectivity index (χ2v) is 15.9. The Morgan fingerprint density at radius 2 is 1.72 bits per heavy atom. The summed E-state index contributed by atoms with van der Waals surface area (Å²) in [6.45, 7) is 1.57. The minimum absolute atomic E-state index is 0.0657. The van der Waals surface area contributed by atoms with Gasteiger partial charge in [0, 0.05) is 35.8 Å². The van der Waals surface area contributed by atoms with Gasteiger partial charge in [0.25, 0.3) is 16.1 Å². The normalized spacial score (nSPS) is 16.8. The maximum absolute atomic E-state index is 14.2. The number of halogens is 6. The Labute approximate surface area is 300 Å². The zero-order valence-corrected chi connectivity index (χ0v) is 29.6. The summed E-state index contributed by atoms with van der Waals surface area (Å²) in [4.78, 5) is 14.9. The van der Waals surface area contributed by atoms with Gasteiger partial charge in [-0.3, -0.25) is 10.2 Å². The molecule has 2 aromatic heterocycles. The summed E-state index contributed by atoms with van der Waals surface area (Å²) in [6, 6.07) is 12.6. The number of aromatic nitrogens is 2. The van der Waals surface area contributed by atoms with Gasteiger partial charge in [-0.25, -0.2) is 14.1 Å². The molecular formula is C33H30Cl2F4N6O3S2. The van der Waals surface area contributed by atoms with Crippen LogP contribution in [-0.2, 0) is 22.9 Å². The first-order valence-electron chi connectivity index (χ1n) is 15.5. The van der Waals surface area contributed by atoms with E-state index >= 15 is 0 Å². The summed E-state index contributed by atoms with van der Waals surface area (Å²) >= 11 is 14.0. The molecule has 2 saturated heterocycles. The number of carbonyl (C=O) groups is 1. The van der Waals surface area contributed by atoms with Crippen LogP contribution in [0.15, 0.2) is 54.6 Å². The van der Waals surface area contributed by atoms with E-state index in [9.17, 15) is 30.8 Å². The molecule has 0 saturated carbocycles. The summed E-state index contributed by atoms with van der Waals surface area (Å²) in [7, 11) is -4.15. The third-order valence-electron chi connectivity index (χ3n) is 8.12. The number of benzene rings is 2. The van der Waals surface area contributed by atoms with E-state index in [0.717, 1.165) is 35.7 Å². The molecule has 6 rings (SSSR count). The maximum atomic E-state index is 14.2. The lowest BCUT2D eigenvalue weighted by molar-refractivity contribution is -0.137. The van der Waals surface area contributed by atoms with Gasteiger partial charge < -0.3 is 0 Å². The maximum Gasteiger partial charge on any atom is 0.416 e. The number of hydrogen-bond acceptors (Lipinski definition) is 6. The van der Waals surface area contributed by atoms with E-state index in [-0.39, 0.29) is 35.9 Å². The van der Waals surface area contributed by atoms with Crippen LogP contribution in [0.3, 0.4) is 0 Å². The zero-order valence-electron chi connectivity index (χ0n) is 26.5. The van der Waals surface area contributed by atoms with Crippen molar-refractivity contribution in [1.29, 1.82) is 0 Å². The smallest absolute Gasteiger partial charge is 0.283 e. The van der Waals surface area contributed by atoms with E-state index in [1.807, 2.05) is 0 Å². The standard InChI is InChI=1S/C33H30Cl2F4N6O3S2/c1-32(36)19-44(20-32)50(47,48)40-18-25-29(31(46)42-43-15-3-2-4-16-43)41-45(27-13-10-23(34)17-26(27)35)30(25)28-14-12-24(49-28)11-7-21-5-8-22(9-6-21)33(37,38)39/h5-6,8-10,12-14,17,40H,2-4,15-16,18-20H2,1H3,(H,42,46). The molecule has 0 spiro atoms. The topological polar surface area (TPSA) is 99.6 Å². The number of nitrogens with one attached hydrogen (secondary N) is 2.